The zero-order valence-corrected chi connectivity index (χ0v) is 11.8. The molecule has 1 N–H and O–H groups in total. The number of nitrogens with zero attached hydrogens (tertiary/aromatic N) is 1. The molecule has 1 heterocycles. The molecule has 4 heteroatoms. The van der Waals surface area contributed by atoms with Crippen molar-refractivity contribution in [1.82, 2.24) is 10.2 Å². The Balaban J connectivity index is 2.29. The Labute approximate surface area is 104 Å². The average molecular weight is 246 g/mol. The normalized spacial score (nSPS) is 27.6. The van der Waals surface area contributed by atoms with Gasteiger partial charge in [-0.3, -0.25) is 0 Å². The SMILES string of the molecule is CNC1COCC1CN(C)C(C)CCSC. The molecule has 0 aromatic heterocycles. The summed E-state index contributed by atoms with van der Waals surface area (Å²) >= 11 is 1.93. The van der Waals surface area contributed by atoms with E-state index in [-0.39, 0.29) is 0 Å². The van der Waals surface area contributed by atoms with Crippen molar-refractivity contribution in [2.24, 2.45) is 5.92 Å². The van der Waals surface area contributed by atoms with E-state index in [1.165, 1.54) is 12.2 Å². The minimum Gasteiger partial charge on any atom is -0.379 e. The van der Waals surface area contributed by atoms with Crippen molar-refractivity contribution in [2.75, 3.05) is 45.9 Å². The second-order valence-corrected chi connectivity index (χ2v) is 5.75. The van der Waals surface area contributed by atoms with Gasteiger partial charge in [-0.2, -0.15) is 11.8 Å². The van der Waals surface area contributed by atoms with Crippen molar-refractivity contribution in [3.05, 3.63) is 0 Å². The van der Waals surface area contributed by atoms with Gasteiger partial charge in [0.05, 0.1) is 13.2 Å². The van der Waals surface area contributed by atoms with E-state index in [0.29, 0.717) is 18.0 Å². The van der Waals surface area contributed by atoms with Gasteiger partial charge in [0.2, 0.25) is 0 Å². The van der Waals surface area contributed by atoms with Crippen molar-refractivity contribution in [3.8, 4) is 0 Å². The topological polar surface area (TPSA) is 24.5 Å². The maximum atomic E-state index is 5.53. The first-order valence-corrected chi connectivity index (χ1v) is 7.52. The highest BCUT2D eigenvalue weighted by Crippen LogP contribution is 2.16. The molecule has 1 saturated heterocycles. The van der Waals surface area contributed by atoms with Gasteiger partial charge in [0.25, 0.3) is 0 Å². The first-order chi connectivity index (χ1) is 7.69. The van der Waals surface area contributed by atoms with Gasteiger partial charge < -0.3 is 15.0 Å². The predicted molar refractivity (Wildman–Crippen MR) is 72.2 cm³/mol. The van der Waals surface area contributed by atoms with E-state index in [9.17, 15) is 0 Å². The quantitative estimate of drug-likeness (QED) is 0.732. The molecule has 0 amide bonds. The molecule has 0 aliphatic carbocycles. The number of hydrogen-bond donors (Lipinski definition) is 1. The third-order valence-corrected chi connectivity index (χ3v) is 4.23. The van der Waals surface area contributed by atoms with Gasteiger partial charge in [-0.25, -0.2) is 0 Å². The average Bonchev–Trinajstić information content (AvgIpc) is 2.72. The fourth-order valence-electron chi connectivity index (χ4n) is 2.16. The third kappa shape index (κ3) is 4.24. The van der Waals surface area contributed by atoms with Crippen molar-refractivity contribution in [3.63, 3.8) is 0 Å². The number of ether oxygens (including phenoxy) is 1. The Kier molecular flexibility index (Phi) is 6.73. The van der Waals surface area contributed by atoms with Gasteiger partial charge in [0.15, 0.2) is 0 Å². The van der Waals surface area contributed by atoms with Crippen LogP contribution in [-0.2, 0) is 4.74 Å². The summed E-state index contributed by atoms with van der Waals surface area (Å²) in [5.41, 5.74) is 0. The molecule has 0 radical (unpaired) electrons. The third-order valence-electron chi connectivity index (χ3n) is 3.58. The molecule has 1 aliphatic heterocycles. The fourth-order valence-corrected chi connectivity index (χ4v) is 2.73. The van der Waals surface area contributed by atoms with Crippen LogP contribution < -0.4 is 5.32 Å². The Morgan fingerprint density at radius 3 is 2.88 bits per heavy atom. The molecule has 0 bridgehead atoms. The van der Waals surface area contributed by atoms with Crippen LogP contribution in [-0.4, -0.2) is 62.8 Å². The maximum Gasteiger partial charge on any atom is 0.0623 e. The van der Waals surface area contributed by atoms with Crippen LogP contribution in [0.3, 0.4) is 0 Å². The van der Waals surface area contributed by atoms with Crippen LogP contribution in [0.1, 0.15) is 13.3 Å². The van der Waals surface area contributed by atoms with Gasteiger partial charge in [0.1, 0.15) is 0 Å². The Hall–Kier alpha value is 0.230. The molecule has 96 valence electrons. The fraction of sp³-hybridized carbons (Fsp3) is 1.00. The molecule has 0 aromatic carbocycles. The Morgan fingerprint density at radius 1 is 1.50 bits per heavy atom. The number of rotatable bonds is 7. The van der Waals surface area contributed by atoms with Gasteiger partial charge in [-0.15, -0.1) is 0 Å². The van der Waals surface area contributed by atoms with Crippen LogP contribution in [0.15, 0.2) is 0 Å². The number of hydrogen-bond acceptors (Lipinski definition) is 4. The van der Waals surface area contributed by atoms with E-state index in [4.69, 9.17) is 4.74 Å². The van der Waals surface area contributed by atoms with Gasteiger partial charge >= 0.3 is 0 Å². The van der Waals surface area contributed by atoms with Crippen molar-refractivity contribution < 1.29 is 4.74 Å². The van der Waals surface area contributed by atoms with E-state index in [2.05, 4.69) is 30.4 Å². The Morgan fingerprint density at radius 2 is 2.25 bits per heavy atom. The second-order valence-electron chi connectivity index (χ2n) is 4.76. The largest absolute Gasteiger partial charge is 0.379 e. The highest BCUT2D eigenvalue weighted by atomic mass is 32.2. The zero-order chi connectivity index (χ0) is 12.0. The van der Waals surface area contributed by atoms with E-state index in [0.717, 1.165) is 19.8 Å². The number of nitrogens with one attached hydrogen (secondary N) is 1. The maximum absolute atomic E-state index is 5.53. The monoisotopic (exact) mass is 246 g/mol. The lowest BCUT2D eigenvalue weighted by Gasteiger charge is -2.29. The lowest BCUT2D eigenvalue weighted by molar-refractivity contribution is 0.163. The second kappa shape index (κ2) is 7.54. The zero-order valence-electron chi connectivity index (χ0n) is 11.0. The van der Waals surface area contributed by atoms with Crippen molar-refractivity contribution >= 4 is 11.8 Å². The summed E-state index contributed by atoms with van der Waals surface area (Å²) in [4.78, 5) is 2.47. The summed E-state index contributed by atoms with van der Waals surface area (Å²) in [7, 11) is 4.26. The van der Waals surface area contributed by atoms with Crippen LogP contribution in [0, 0.1) is 5.92 Å². The predicted octanol–water partition coefficient (Wildman–Crippen LogP) is 1.29. The lowest BCUT2D eigenvalue weighted by atomic mass is 10.0. The van der Waals surface area contributed by atoms with Crippen LogP contribution in [0.2, 0.25) is 0 Å². The Bertz CT molecular complexity index is 192. The van der Waals surface area contributed by atoms with Crippen LogP contribution in [0.5, 0.6) is 0 Å². The molecular formula is C12H26N2OS. The highest BCUT2D eigenvalue weighted by Gasteiger charge is 2.28. The minimum absolute atomic E-state index is 0.537. The minimum atomic E-state index is 0.537. The van der Waals surface area contributed by atoms with Crippen LogP contribution in [0.4, 0.5) is 0 Å². The van der Waals surface area contributed by atoms with Gasteiger partial charge in [-0.1, -0.05) is 0 Å². The van der Waals surface area contributed by atoms with Crippen molar-refractivity contribution in [2.45, 2.75) is 25.4 Å². The lowest BCUT2D eigenvalue weighted by Crippen LogP contribution is -2.41. The summed E-state index contributed by atoms with van der Waals surface area (Å²) in [6.45, 7) is 5.24. The molecule has 0 aromatic rings. The van der Waals surface area contributed by atoms with Gasteiger partial charge in [-0.05, 0) is 39.4 Å². The van der Waals surface area contributed by atoms with Crippen LogP contribution in [0.25, 0.3) is 0 Å². The smallest absolute Gasteiger partial charge is 0.0623 e. The van der Waals surface area contributed by atoms with E-state index < -0.39 is 0 Å². The molecule has 1 rings (SSSR count). The molecular weight excluding hydrogens is 220 g/mol. The van der Waals surface area contributed by atoms with Crippen molar-refractivity contribution in [1.29, 1.82) is 0 Å². The molecule has 3 unspecified atom stereocenters. The number of thioether (sulfide) groups is 1. The summed E-state index contributed by atoms with van der Waals surface area (Å²) < 4.78 is 5.53. The van der Waals surface area contributed by atoms with Crippen LogP contribution >= 0.6 is 11.8 Å². The highest BCUT2D eigenvalue weighted by molar-refractivity contribution is 7.98. The van der Waals surface area contributed by atoms with Gasteiger partial charge in [0, 0.05) is 24.5 Å². The molecule has 3 atom stereocenters. The van der Waals surface area contributed by atoms with E-state index in [1.54, 1.807) is 0 Å². The first kappa shape index (κ1) is 14.3. The summed E-state index contributed by atoms with van der Waals surface area (Å²) in [5, 5.41) is 3.35. The van der Waals surface area contributed by atoms with E-state index in [1.807, 2.05) is 18.8 Å². The molecule has 1 aliphatic rings. The molecule has 0 saturated carbocycles. The molecule has 3 nitrogen and oxygen atoms in total. The summed E-state index contributed by atoms with van der Waals surface area (Å²) in [6, 6.07) is 1.21. The standard InChI is InChI=1S/C12H26N2OS/c1-10(5-6-16-4)14(3)7-11-8-15-9-12(11)13-2/h10-13H,5-9H2,1-4H3. The molecule has 16 heavy (non-hydrogen) atoms. The van der Waals surface area contributed by atoms with E-state index >= 15 is 0 Å². The summed E-state index contributed by atoms with van der Waals surface area (Å²) in [5.74, 6) is 1.90. The molecule has 1 fully saturated rings. The molecule has 0 spiro atoms. The number of likely N-dealkylation sites (N-methyl/N-ethyl adjacent to an activating group) is 1. The first-order valence-electron chi connectivity index (χ1n) is 6.13. The summed E-state index contributed by atoms with van der Waals surface area (Å²) in [6.07, 6.45) is 3.45.